The maximum absolute atomic E-state index is 12.0. The Bertz CT molecular complexity index is 428. The molecule has 1 amide bonds. The number of nitrogens with one attached hydrogen (secondary N) is 1. The van der Waals surface area contributed by atoms with Crippen molar-refractivity contribution in [2.24, 2.45) is 5.92 Å². The molecule has 1 aromatic heterocycles. The van der Waals surface area contributed by atoms with Gasteiger partial charge in [0, 0.05) is 36.7 Å². The molecule has 5 heteroatoms. The second-order valence-electron chi connectivity index (χ2n) is 5.60. The molecule has 1 saturated carbocycles. The molecule has 21 heavy (non-hydrogen) atoms. The average molecular weight is 308 g/mol. The van der Waals surface area contributed by atoms with E-state index in [0.29, 0.717) is 5.75 Å². The van der Waals surface area contributed by atoms with Gasteiger partial charge in [-0.15, -0.1) is 11.8 Å². The van der Waals surface area contributed by atoms with Crippen LogP contribution in [0.15, 0.2) is 24.5 Å². The van der Waals surface area contributed by atoms with Gasteiger partial charge in [0.25, 0.3) is 0 Å². The van der Waals surface area contributed by atoms with Crippen LogP contribution in [0.5, 0.6) is 0 Å². The first-order chi connectivity index (χ1) is 10.3. The number of aliphatic hydroxyl groups is 1. The van der Waals surface area contributed by atoms with Crippen molar-refractivity contribution >= 4 is 17.7 Å². The Morgan fingerprint density at radius 2 is 2.05 bits per heavy atom. The maximum Gasteiger partial charge on any atom is 0.230 e. The van der Waals surface area contributed by atoms with Crippen molar-refractivity contribution in [1.82, 2.24) is 10.3 Å². The molecule has 1 aromatic rings. The van der Waals surface area contributed by atoms with Crippen LogP contribution in [-0.4, -0.2) is 34.4 Å². The maximum atomic E-state index is 12.0. The van der Waals surface area contributed by atoms with Crippen LogP contribution in [-0.2, 0) is 10.5 Å². The van der Waals surface area contributed by atoms with E-state index in [1.54, 1.807) is 24.2 Å². The molecule has 1 aliphatic rings. The molecule has 0 bridgehead atoms. The molecule has 2 N–H and O–H groups in total. The normalized spacial score (nSPS) is 22.5. The van der Waals surface area contributed by atoms with Crippen LogP contribution < -0.4 is 5.32 Å². The smallest absolute Gasteiger partial charge is 0.230 e. The molecule has 4 nitrogen and oxygen atoms in total. The Kier molecular flexibility index (Phi) is 7.03. The Morgan fingerprint density at radius 3 is 2.81 bits per heavy atom. The van der Waals surface area contributed by atoms with E-state index < -0.39 is 0 Å². The first-order valence-electron chi connectivity index (χ1n) is 7.66. The van der Waals surface area contributed by atoms with E-state index in [0.717, 1.165) is 31.4 Å². The minimum atomic E-state index is 0.0828. The van der Waals surface area contributed by atoms with Crippen molar-refractivity contribution in [3.8, 4) is 0 Å². The number of amides is 1. The molecule has 116 valence electrons. The van der Waals surface area contributed by atoms with E-state index in [9.17, 15) is 9.90 Å². The summed E-state index contributed by atoms with van der Waals surface area (Å²) in [5, 5.41) is 12.6. The molecule has 0 saturated heterocycles. The Hall–Kier alpha value is -1.07. The van der Waals surface area contributed by atoms with Crippen molar-refractivity contribution in [3.05, 3.63) is 30.1 Å². The fraction of sp³-hybridized carbons (Fsp3) is 0.625. The Balaban J connectivity index is 1.72. The minimum absolute atomic E-state index is 0.0828. The van der Waals surface area contributed by atoms with Crippen LogP contribution in [0.4, 0.5) is 0 Å². The van der Waals surface area contributed by atoms with E-state index in [2.05, 4.69) is 10.3 Å². The van der Waals surface area contributed by atoms with Gasteiger partial charge in [-0.05, 0) is 30.5 Å². The van der Waals surface area contributed by atoms with Crippen molar-refractivity contribution in [2.75, 3.05) is 12.4 Å². The lowest BCUT2D eigenvalue weighted by atomic mass is 9.96. The van der Waals surface area contributed by atoms with Crippen LogP contribution in [0.1, 0.15) is 37.7 Å². The average Bonchev–Trinajstić information content (AvgIpc) is 2.73. The fourth-order valence-corrected chi connectivity index (χ4v) is 3.58. The fourth-order valence-electron chi connectivity index (χ4n) is 2.78. The van der Waals surface area contributed by atoms with Crippen molar-refractivity contribution in [3.63, 3.8) is 0 Å². The van der Waals surface area contributed by atoms with Crippen molar-refractivity contribution in [1.29, 1.82) is 0 Å². The van der Waals surface area contributed by atoms with Gasteiger partial charge in [-0.3, -0.25) is 9.78 Å². The molecule has 2 atom stereocenters. The summed E-state index contributed by atoms with van der Waals surface area (Å²) in [7, 11) is 0. The second-order valence-corrected chi connectivity index (χ2v) is 6.59. The van der Waals surface area contributed by atoms with Gasteiger partial charge in [0.2, 0.25) is 5.91 Å². The van der Waals surface area contributed by atoms with Crippen LogP contribution in [0.2, 0.25) is 0 Å². The summed E-state index contributed by atoms with van der Waals surface area (Å²) in [5.41, 5.74) is 1.19. The SMILES string of the molecule is O=C(CSCc1ccncc1)NC1CCCCCC1CO. The van der Waals surface area contributed by atoms with Gasteiger partial charge in [0.15, 0.2) is 0 Å². The molecular weight excluding hydrogens is 284 g/mol. The topological polar surface area (TPSA) is 62.2 Å². The van der Waals surface area contributed by atoms with Gasteiger partial charge in [-0.25, -0.2) is 0 Å². The molecule has 1 heterocycles. The number of thioether (sulfide) groups is 1. The zero-order valence-corrected chi connectivity index (χ0v) is 13.1. The molecule has 0 aromatic carbocycles. The standard InChI is InChI=1S/C16H24N2O2S/c19-10-14-4-2-1-3-5-15(14)18-16(20)12-21-11-13-6-8-17-9-7-13/h6-9,14-15,19H,1-5,10-12H2,(H,18,20). The largest absolute Gasteiger partial charge is 0.396 e. The van der Waals surface area contributed by atoms with E-state index in [-0.39, 0.29) is 24.5 Å². The number of aromatic nitrogens is 1. The molecule has 2 rings (SSSR count). The van der Waals surface area contributed by atoms with Crippen molar-refractivity contribution in [2.45, 2.75) is 43.9 Å². The molecule has 2 unspecified atom stereocenters. The molecular formula is C16H24N2O2S. The molecule has 0 aliphatic heterocycles. The molecule has 1 fully saturated rings. The number of nitrogens with zero attached hydrogens (tertiary/aromatic N) is 1. The highest BCUT2D eigenvalue weighted by molar-refractivity contribution is 7.99. The van der Waals surface area contributed by atoms with E-state index in [4.69, 9.17) is 0 Å². The molecule has 0 radical (unpaired) electrons. The summed E-state index contributed by atoms with van der Waals surface area (Å²) < 4.78 is 0. The van der Waals surface area contributed by atoms with E-state index >= 15 is 0 Å². The lowest BCUT2D eigenvalue weighted by Gasteiger charge is -2.24. The summed E-state index contributed by atoms with van der Waals surface area (Å²) in [5.74, 6) is 1.60. The summed E-state index contributed by atoms with van der Waals surface area (Å²) in [6, 6.07) is 4.09. The van der Waals surface area contributed by atoms with Crippen LogP contribution in [0, 0.1) is 5.92 Å². The van der Waals surface area contributed by atoms with Gasteiger partial charge in [0.05, 0.1) is 5.75 Å². The van der Waals surface area contributed by atoms with Crippen LogP contribution in [0.25, 0.3) is 0 Å². The quantitative estimate of drug-likeness (QED) is 0.792. The molecule has 1 aliphatic carbocycles. The van der Waals surface area contributed by atoms with Crippen molar-refractivity contribution < 1.29 is 9.90 Å². The highest BCUT2D eigenvalue weighted by Gasteiger charge is 2.24. The van der Waals surface area contributed by atoms with Gasteiger partial charge in [-0.1, -0.05) is 19.3 Å². The van der Waals surface area contributed by atoms with Crippen LogP contribution >= 0.6 is 11.8 Å². The second kappa shape index (κ2) is 9.05. The zero-order valence-electron chi connectivity index (χ0n) is 12.3. The third kappa shape index (κ3) is 5.67. The number of carbonyl (C=O) groups excluding carboxylic acids is 1. The number of aliphatic hydroxyl groups excluding tert-OH is 1. The number of hydrogen-bond acceptors (Lipinski definition) is 4. The highest BCUT2D eigenvalue weighted by atomic mass is 32.2. The van der Waals surface area contributed by atoms with Gasteiger partial charge < -0.3 is 10.4 Å². The predicted molar refractivity (Wildman–Crippen MR) is 86.0 cm³/mol. The third-order valence-electron chi connectivity index (χ3n) is 3.99. The lowest BCUT2D eigenvalue weighted by Crippen LogP contribution is -2.42. The van der Waals surface area contributed by atoms with Crippen LogP contribution in [0.3, 0.4) is 0 Å². The summed E-state index contributed by atoms with van der Waals surface area (Å²) in [6.45, 7) is 0.176. The van der Waals surface area contributed by atoms with Gasteiger partial charge in [0.1, 0.15) is 0 Å². The predicted octanol–water partition coefficient (Wildman–Crippen LogP) is 2.37. The first-order valence-corrected chi connectivity index (χ1v) is 8.82. The summed E-state index contributed by atoms with van der Waals surface area (Å²) in [6.07, 6.45) is 9.07. The summed E-state index contributed by atoms with van der Waals surface area (Å²) in [4.78, 5) is 16.0. The number of hydrogen-bond donors (Lipinski definition) is 2. The van der Waals surface area contributed by atoms with Gasteiger partial charge in [-0.2, -0.15) is 0 Å². The Labute approximate surface area is 130 Å². The van der Waals surface area contributed by atoms with E-state index in [1.807, 2.05) is 12.1 Å². The number of rotatable bonds is 6. The summed E-state index contributed by atoms with van der Waals surface area (Å²) >= 11 is 1.61. The highest BCUT2D eigenvalue weighted by Crippen LogP contribution is 2.23. The Morgan fingerprint density at radius 1 is 1.29 bits per heavy atom. The first kappa shape index (κ1) is 16.3. The lowest BCUT2D eigenvalue weighted by molar-refractivity contribution is -0.119. The zero-order chi connectivity index (χ0) is 14.9. The third-order valence-corrected chi connectivity index (χ3v) is 4.99. The minimum Gasteiger partial charge on any atom is -0.396 e. The molecule has 0 spiro atoms. The number of carbonyl (C=O) groups is 1. The van der Waals surface area contributed by atoms with Gasteiger partial charge >= 0.3 is 0 Å². The monoisotopic (exact) mass is 308 g/mol. The van der Waals surface area contributed by atoms with E-state index in [1.165, 1.54) is 12.0 Å². The number of pyridine rings is 1.